The van der Waals surface area contributed by atoms with Crippen LogP contribution >= 0.6 is 0 Å². The minimum absolute atomic E-state index is 0.0315. The van der Waals surface area contributed by atoms with Crippen LogP contribution in [-0.4, -0.2) is 35.4 Å². The fourth-order valence-electron chi connectivity index (χ4n) is 5.48. The average Bonchev–Trinajstić information content (AvgIpc) is 2.90. The molecule has 1 aromatic heterocycles. The second-order valence-electron chi connectivity index (χ2n) is 7.48. The van der Waals surface area contributed by atoms with Crippen LogP contribution in [0, 0.1) is 17.3 Å². The minimum atomic E-state index is -0.341. The van der Waals surface area contributed by atoms with Gasteiger partial charge in [0.25, 0.3) is 0 Å². The summed E-state index contributed by atoms with van der Waals surface area (Å²) >= 11 is 0. The molecule has 0 radical (unpaired) electrons. The van der Waals surface area contributed by atoms with Crippen LogP contribution < -0.4 is 11.1 Å². The lowest BCUT2D eigenvalue weighted by Gasteiger charge is -2.61. The molecule has 0 spiro atoms. The molecule has 1 amide bonds. The van der Waals surface area contributed by atoms with Crippen molar-refractivity contribution in [1.29, 1.82) is 0 Å². The number of hydrogen-bond acceptors (Lipinski definition) is 6. The van der Waals surface area contributed by atoms with Crippen LogP contribution in [0.3, 0.4) is 0 Å². The number of nitrogens with zero attached hydrogens (tertiary/aromatic N) is 2. The zero-order valence-corrected chi connectivity index (χ0v) is 12.8. The molecule has 7 nitrogen and oxygen atoms in total. The van der Waals surface area contributed by atoms with Crippen molar-refractivity contribution in [3.05, 3.63) is 5.89 Å². The number of rotatable bonds is 4. The van der Waals surface area contributed by atoms with E-state index >= 15 is 0 Å². The highest BCUT2D eigenvalue weighted by Crippen LogP contribution is 2.62. The van der Waals surface area contributed by atoms with Gasteiger partial charge in [0.1, 0.15) is 0 Å². The van der Waals surface area contributed by atoms with E-state index in [0.717, 1.165) is 18.3 Å². The molecule has 3 N–H and O–H groups in total. The lowest BCUT2D eigenvalue weighted by Crippen LogP contribution is -2.59. The number of nitrogens with one attached hydrogen (secondary N) is 1. The number of nitrogen functional groups attached to an aromatic ring is 1. The normalized spacial score (nSPS) is 39.1. The first-order valence-electron chi connectivity index (χ1n) is 7.94. The van der Waals surface area contributed by atoms with E-state index in [1.807, 2.05) is 7.11 Å². The summed E-state index contributed by atoms with van der Waals surface area (Å²) in [5.41, 5.74) is 5.54. The SMILES string of the molecule is COC12CC3CC(CC(CNC(=O)c4nnc(N)o4)(C3)C1)C2. The van der Waals surface area contributed by atoms with E-state index < -0.39 is 0 Å². The maximum absolute atomic E-state index is 12.1. The number of ether oxygens (including phenoxy) is 1. The molecule has 4 fully saturated rings. The molecule has 4 aliphatic rings. The van der Waals surface area contributed by atoms with Crippen molar-refractivity contribution in [1.82, 2.24) is 15.5 Å². The number of anilines is 1. The van der Waals surface area contributed by atoms with Crippen LogP contribution in [0.2, 0.25) is 0 Å². The Kier molecular flexibility index (Phi) is 2.98. The van der Waals surface area contributed by atoms with Gasteiger partial charge >= 0.3 is 17.8 Å². The molecule has 0 saturated heterocycles. The Bertz CT molecular complexity index is 585. The van der Waals surface area contributed by atoms with Gasteiger partial charge in [0, 0.05) is 13.7 Å². The summed E-state index contributed by atoms with van der Waals surface area (Å²) in [6.07, 6.45) is 7.07. The highest BCUT2D eigenvalue weighted by molar-refractivity contribution is 5.89. The summed E-state index contributed by atoms with van der Waals surface area (Å²) in [7, 11) is 1.83. The number of amides is 1. The number of nitrogens with two attached hydrogens (primary N) is 1. The van der Waals surface area contributed by atoms with Crippen LogP contribution in [0.25, 0.3) is 0 Å². The van der Waals surface area contributed by atoms with Gasteiger partial charge in [-0.25, -0.2) is 0 Å². The Morgan fingerprint density at radius 1 is 1.36 bits per heavy atom. The summed E-state index contributed by atoms with van der Waals surface area (Å²) in [5.74, 6) is 1.06. The highest BCUT2D eigenvalue weighted by atomic mass is 16.5. The standard InChI is InChI=1S/C15H22N4O3/c1-21-15-5-9-2-10(6-15)4-14(3-9,7-15)8-17-11(20)12-18-19-13(16)22-12/h9-10H,2-8H2,1H3,(H2,16,19)(H,17,20). The van der Waals surface area contributed by atoms with Gasteiger partial charge in [-0.2, -0.15) is 0 Å². The van der Waals surface area contributed by atoms with E-state index in [1.165, 1.54) is 32.1 Å². The fourth-order valence-corrected chi connectivity index (χ4v) is 5.48. The van der Waals surface area contributed by atoms with Crippen LogP contribution in [0.5, 0.6) is 0 Å². The first-order valence-corrected chi connectivity index (χ1v) is 7.94. The van der Waals surface area contributed by atoms with Gasteiger partial charge in [-0.3, -0.25) is 4.79 Å². The van der Waals surface area contributed by atoms with E-state index in [-0.39, 0.29) is 28.8 Å². The lowest BCUT2D eigenvalue weighted by atomic mass is 9.48. The largest absolute Gasteiger partial charge is 0.399 e. The van der Waals surface area contributed by atoms with Crippen molar-refractivity contribution < 1.29 is 13.9 Å². The van der Waals surface area contributed by atoms with Crippen molar-refractivity contribution >= 4 is 11.9 Å². The van der Waals surface area contributed by atoms with E-state index in [0.29, 0.717) is 6.54 Å². The number of methoxy groups -OCH3 is 1. The Labute approximate surface area is 129 Å². The number of hydrogen-bond donors (Lipinski definition) is 2. The van der Waals surface area contributed by atoms with Gasteiger partial charge < -0.3 is 20.2 Å². The monoisotopic (exact) mass is 306 g/mol. The van der Waals surface area contributed by atoms with E-state index in [1.54, 1.807) is 0 Å². The summed E-state index contributed by atoms with van der Waals surface area (Å²) in [5, 5.41) is 10.1. The van der Waals surface area contributed by atoms with Crippen LogP contribution in [0.15, 0.2) is 4.42 Å². The van der Waals surface area contributed by atoms with Crippen LogP contribution in [0.1, 0.15) is 49.2 Å². The third-order valence-electron chi connectivity index (χ3n) is 5.82. The van der Waals surface area contributed by atoms with Crippen molar-refractivity contribution in [2.24, 2.45) is 17.3 Å². The molecule has 0 aromatic carbocycles. The summed E-state index contributed by atoms with van der Waals surface area (Å²) < 4.78 is 10.9. The zero-order valence-electron chi connectivity index (χ0n) is 12.8. The fraction of sp³-hybridized carbons (Fsp3) is 0.800. The Hall–Kier alpha value is -1.63. The molecule has 2 unspecified atom stereocenters. The van der Waals surface area contributed by atoms with Gasteiger partial charge in [0.05, 0.1) is 5.60 Å². The van der Waals surface area contributed by atoms with Crippen molar-refractivity contribution in [2.45, 2.75) is 44.1 Å². The van der Waals surface area contributed by atoms with Gasteiger partial charge in [-0.1, -0.05) is 5.10 Å². The highest BCUT2D eigenvalue weighted by Gasteiger charge is 2.57. The number of carbonyl (C=O) groups is 1. The average molecular weight is 306 g/mol. The molecule has 5 rings (SSSR count). The molecule has 7 heteroatoms. The molecule has 1 heterocycles. The molecule has 22 heavy (non-hydrogen) atoms. The topological polar surface area (TPSA) is 103 Å². The van der Waals surface area contributed by atoms with Crippen LogP contribution in [0.4, 0.5) is 6.01 Å². The smallest absolute Gasteiger partial charge is 0.313 e. The van der Waals surface area contributed by atoms with Gasteiger partial charge in [0.15, 0.2) is 0 Å². The molecule has 0 aliphatic heterocycles. The van der Waals surface area contributed by atoms with E-state index in [4.69, 9.17) is 14.9 Å². The summed E-state index contributed by atoms with van der Waals surface area (Å²) in [6.45, 7) is 0.645. The minimum Gasteiger partial charge on any atom is -0.399 e. The zero-order chi connectivity index (χ0) is 15.4. The summed E-state index contributed by atoms with van der Waals surface area (Å²) in [6, 6.07) is -0.0849. The van der Waals surface area contributed by atoms with Crippen molar-refractivity contribution in [3.63, 3.8) is 0 Å². The first kappa shape index (κ1) is 14.0. The van der Waals surface area contributed by atoms with E-state index in [9.17, 15) is 4.79 Å². The summed E-state index contributed by atoms with van der Waals surface area (Å²) in [4.78, 5) is 12.1. The molecular formula is C15H22N4O3. The van der Waals surface area contributed by atoms with Gasteiger partial charge in [-0.15, -0.1) is 5.10 Å². The van der Waals surface area contributed by atoms with Gasteiger partial charge in [-0.05, 0) is 55.8 Å². The van der Waals surface area contributed by atoms with Crippen molar-refractivity contribution in [2.75, 3.05) is 19.4 Å². The molecule has 4 saturated carbocycles. The second kappa shape index (κ2) is 4.68. The third kappa shape index (κ3) is 2.18. The van der Waals surface area contributed by atoms with Gasteiger partial charge in [0.2, 0.25) is 0 Å². The quantitative estimate of drug-likeness (QED) is 0.870. The predicted octanol–water partition coefficient (Wildman–Crippen LogP) is 1.37. The lowest BCUT2D eigenvalue weighted by molar-refractivity contribution is -0.177. The molecule has 4 bridgehead atoms. The Balaban J connectivity index is 1.47. The maximum Gasteiger partial charge on any atom is 0.313 e. The second-order valence-corrected chi connectivity index (χ2v) is 7.48. The number of aromatic nitrogens is 2. The molecule has 4 aliphatic carbocycles. The van der Waals surface area contributed by atoms with Crippen molar-refractivity contribution in [3.8, 4) is 0 Å². The molecule has 1 aromatic rings. The predicted molar refractivity (Wildman–Crippen MR) is 77.9 cm³/mol. The van der Waals surface area contributed by atoms with Crippen LogP contribution in [-0.2, 0) is 4.74 Å². The van der Waals surface area contributed by atoms with E-state index in [2.05, 4.69) is 15.5 Å². The maximum atomic E-state index is 12.1. The first-order chi connectivity index (χ1) is 10.5. The Morgan fingerprint density at radius 3 is 2.68 bits per heavy atom. The molecular weight excluding hydrogens is 284 g/mol. The third-order valence-corrected chi connectivity index (χ3v) is 5.82. The molecule has 2 atom stereocenters. The molecule has 120 valence electrons. The number of carbonyl (C=O) groups excluding carboxylic acids is 1. The Morgan fingerprint density at radius 2 is 2.09 bits per heavy atom.